The molecule has 0 radical (unpaired) electrons. The second-order valence-corrected chi connectivity index (χ2v) is 3.13. The zero-order valence-corrected chi connectivity index (χ0v) is 6.22. The van der Waals surface area contributed by atoms with Crippen LogP contribution in [0.5, 0.6) is 0 Å². The normalized spacial score (nSPS) is 15.1. The molecule has 0 saturated carbocycles. The third-order valence-corrected chi connectivity index (χ3v) is 1.05. The fourth-order valence-electron chi connectivity index (χ4n) is 0.836. The Morgan fingerprint density at radius 2 is 2.11 bits per heavy atom. The molecule has 0 amide bonds. The van der Waals surface area contributed by atoms with E-state index in [-0.39, 0.29) is 5.92 Å². The summed E-state index contributed by atoms with van der Waals surface area (Å²) < 4.78 is 0. The quantitative estimate of drug-likeness (QED) is 0.578. The highest BCUT2D eigenvalue weighted by Gasteiger charge is 2.15. The van der Waals surface area contributed by atoms with Gasteiger partial charge in [0.15, 0.2) is 0 Å². The van der Waals surface area contributed by atoms with E-state index in [1.165, 1.54) is 0 Å². The summed E-state index contributed by atoms with van der Waals surface area (Å²) in [6.07, 6.45) is 1.40. The molecule has 0 rings (SSSR count). The van der Waals surface area contributed by atoms with E-state index in [9.17, 15) is 4.79 Å². The zero-order chi connectivity index (χ0) is 7.49. The molecule has 2 heteroatoms. The van der Waals surface area contributed by atoms with Gasteiger partial charge in [-0.2, -0.15) is 0 Å². The summed E-state index contributed by atoms with van der Waals surface area (Å²) in [7, 11) is 0. The fourth-order valence-corrected chi connectivity index (χ4v) is 0.836. The fraction of sp³-hybridized carbons (Fsp3) is 0.857. The number of carbonyl (C=O) groups excluding carboxylic acids is 1. The van der Waals surface area contributed by atoms with Crippen molar-refractivity contribution in [3.63, 3.8) is 0 Å². The average molecular weight is 130 g/mol. The summed E-state index contributed by atoms with van der Waals surface area (Å²) in [6.45, 7) is 5.20. The van der Waals surface area contributed by atoms with Gasteiger partial charge in [0.25, 0.3) is 0 Å². The standard InChI is InChI=1S/C7H14O2/c1-6(5-8)4-7(2,3)9/h5-6,9H,4H2,1-3H3. The first kappa shape index (κ1) is 8.63. The Labute approximate surface area is 55.9 Å². The van der Waals surface area contributed by atoms with Crippen LogP contribution in [0.2, 0.25) is 0 Å². The van der Waals surface area contributed by atoms with E-state index in [0.29, 0.717) is 6.42 Å². The molecule has 0 aliphatic heterocycles. The third-order valence-electron chi connectivity index (χ3n) is 1.05. The molecule has 2 nitrogen and oxygen atoms in total. The summed E-state index contributed by atoms with van der Waals surface area (Å²) in [6, 6.07) is 0. The van der Waals surface area contributed by atoms with Crippen molar-refractivity contribution in [3.8, 4) is 0 Å². The Bertz CT molecular complexity index is 91.6. The monoisotopic (exact) mass is 130 g/mol. The van der Waals surface area contributed by atoms with Gasteiger partial charge in [0, 0.05) is 5.92 Å². The van der Waals surface area contributed by atoms with Crippen molar-refractivity contribution in [2.75, 3.05) is 0 Å². The van der Waals surface area contributed by atoms with Crippen LogP contribution in [-0.2, 0) is 4.79 Å². The van der Waals surface area contributed by atoms with Crippen molar-refractivity contribution in [3.05, 3.63) is 0 Å². The molecule has 0 bridgehead atoms. The van der Waals surface area contributed by atoms with Gasteiger partial charge in [0.2, 0.25) is 0 Å². The van der Waals surface area contributed by atoms with Crippen LogP contribution in [0.4, 0.5) is 0 Å². The van der Waals surface area contributed by atoms with Crippen LogP contribution in [0.1, 0.15) is 27.2 Å². The first-order chi connectivity index (χ1) is 3.95. The van der Waals surface area contributed by atoms with Crippen molar-refractivity contribution in [2.45, 2.75) is 32.8 Å². The molecule has 0 spiro atoms. The minimum atomic E-state index is -0.708. The third kappa shape index (κ3) is 5.50. The molecule has 0 heterocycles. The number of hydrogen-bond donors (Lipinski definition) is 1. The average Bonchev–Trinajstić information content (AvgIpc) is 1.62. The maximum atomic E-state index is 10.1. The van der Waals surface area contributed by atoms with Crippen LogP contribution in [-0.4, -0.2) is 17.0 Å². The van der Waals surface area contributed by atoms with Gasteiger partial charge in [0.05, 0.1) is 5.60 Å². The van der Waals surface area contributed by atoms with Crippen LogP contribution in [0.25, 0.3) is 0 Å². The van der Waals surface area contributed by atoms with Crippen molar-refractivity contribution >= 4 is 6.29 Å². The Morgan fingerprint density at radius 3 is 2.22 bits per heavy atom. The van der Waals surface area contributed by atoms with Gasteiger partial charge < -0.3 is 9.90 Å². The Balaban J connectivity index is 3.59. The first-order valence-electron chi connectivity index (χ1n) is 3.13. The number of carbonyl (C=O) groups is 1. The van der Waals surface area contributed by atoms with Crippen molar-refractivity contribution in [2.24, 2.45) is 5.92 Å². The molecule has 54 valence electrons. The molecule has 0 aliphatic carbocycles. The lowest BCUT2D eigenvalue weighted by Crippen LogP contribution is -2.22. The molecule has 0 aromatic heterocycles. The van der Waals surface area contributed by atoms with E-state index in [1.807, 2.05) is 0 Å². The Hall–Kier alpha value is -0.370. The number of aliphatic hydroxyl groups is 1. The molecule has 0 fully saturated rings. The maximum Gasteiger partial charge on any atom is 0.122 e. The largest absolute Gasteiger partial charge is 0.390 e. The molecule has 0 aromatic rings. The number of rotatable bonds is 3. The van der Waals surface area contributed by atoms with Gasteiger partial charge in [-0.15, -0.1) is 0 Å². The van der Waals surface area contributed by atoms with Gasteiger partial charge in [-0.1, -0.05) is 6.92 Å². The molecular formula is C7H14O2. The number of aldehydes is 1. The predicted molar refractivity (Wildman–Crippen MR) is 36.1 cm³/mol. The summed E-state index contributed by atoms with van der Waals surface area (Å²) in [5, 5.41) is 9.16. The summed E-state index contributed by atoms with van der Waals surface area (Å²) >= 11 is 0. The lowest BCUT2D eigenvalue weighted by molar-refractivity contribution is -0.112. The maximum absolute atomic E-state index is 10.1. The zero-order valence-electron chi connectivity index (χ0n) is 6.22. The van der Waals surface area contributed by atoms with Crippen LogP contribution in [0.3, 0.4) is 0 Å². The molecule has 1 atom stereocenters. The highest BCUT2D eigenvalue weighted by molar-refractivity contribution is 5.52. The van der Waals surface area contributed by atoms with Crippen LogP contribution < -0.4 is 0 Å². The van der Waals surface area contributed by atoms with Gasteiger partial charge in [-0.3, -0.25) is 0 Å². The van der Waals surface area contributed by atoms with E-state index >= 15 is 0 Å². The molecule has 0 saturated heterocycles. The summed E-state index contributed by atoms with van der Waals surface area (Å²) in [4.78, 5) is 10.1. The van der Waals surface area contributed by atoms with E-state index < -0.39 is 5.60 Å². The summed E-state index contributed by atoms with van der Waals surface area (Å²) in [5.41, 5.74) is -0.708. The van der Waals surface area contributed by atoms with Crippen molar-refractivity contribution < 1.29 is 9.90 Å². The van der Waals surface area contributed by atoms with Crippen molar-refractivity contribution in [1.82, 2.24) is 0 Å². The Morgan fingerprint density at radius 1 is 1.67 bits per heavy atom. The van der Waals surface area contributed by atoms with Crippen LogP contribution in [0.15, 0.2) is 0 Å². The molecule has 0 aromatic carbocycles. The second-order valence-electron chi connectivity index (χ2n) is 3.13. The molecule has 1 unspecified atom stereocenters. The van der Waals surface area contributed by atoms with Gasteiger partial charge in [-0.25, -0.2) is 0 Å². The van der Waals surface area contributed by atoms with Gasteiger partial charge in [-0.05, 0) is 20.3 Å². The molecule has 1 N–H and O–H groups in total. The highest BCUT2D eigenvalue weighted by Crippen LogP contribution is 2.13. The van der Waals surface area contributed by atoms with Crippen molar-refractivity contribution in [1.29, 1.82) is 0 Å². The second kappa shape index (κ2) is 2.97. The van der Waals surface area contributed by atoms with E-state index in [0.717, 1.165) is 6.29 Å². The van der Waals surface area contributed by atoms with Crippen LogP contribution >= 0.6 is 0 Å². The minimum absolute atomic E-state index is 0.0370. The van der Waals surface area contributed by atoms with E-state index in [1.54, 1.807) is 20.8 Å². The lowest BCUT2D eigenvalue weighted by Gasteiger charge is -2.18. The molecule has 9 heavy (non-hydrogen) atoms. The van der Waals surface area contributed by atoms with Crippen LogP contribution in [0, 0.1) is 5.92 Å². The Kier molecular flexibility index (Phi) is 2.85. The number of hydrogen-bond acceptors (Lipinski definition) is 2. The smallest absolute Gasteiger partial charge is 0.122 e. The highest BCUT2D eigenvalue weighted by atomic mass is 16.3. The topological polar surface area (TPSA) is 37.3 Å². The lowest BCUT2D eigenvalue weighted by atomic mass is 9.96. The van der Waals surface area contributed by atoms with Gasteiger partial charge in [0.1, 0.15) is 6.29 Å². The molecular weight excluding hydrogens is 116 g/mol. The molecule has 0 aliphatic rings. The summed E-state index contributed by atoms with van der Waals surface area (Å²) in [5.74, 6) is -0.0370. The first-order valence-corrected chi connectivity index (χ1v) is 3.13. The van der Waals surface area contributed by atoms with E-state index in [2.05, 4.69) is 0 Å². The van der Waals surface area contributed by atoms with E-state index in [4.69, 9.17) is 5.11 Å². The predicted octanol–water partition coefficient (Wildman–Crippen LogP) is 0.982. The van der Waals surface area contributed by atoms with Gasteiger partial charge >= 0.3 is 0 Å². The minimum Gasteiger partial charge on any atom is -0.390 e. The SMILES string of the molecule is CC(C=O)CC(C)(C)O.